The van der Waals surface area contributed by atoms with E-state index in [9.17, 15) is 9.59 Å². The van der Waals surface area contributed by atoms with Crippen molar-refractivity contribution in [2.24, 2.45) is 0 Å². The minimum absolute atomic E-state index is 0.0417. The summed E-state index contributed by atoms with van der Waals surface area (Å²) in [6.07, 6.45) is -0.347. The zero-order valence-electron chi connectivity index (χ0n) is 18.3. The second kappa shape index (κ2) is 6.36. The minimum Gasteiger partial charge on any atom is -0.497 e. The van der Waals surface area contributed by atoms with Gasteiger partial charge in [-0.25, -0.2) is 0 Å². The maximum absolute atomic E-state index is 13.9. The molecule has 3 aliphatic heterocycles. The van der Waals surface area contributed by atoms with Crippen molar-refractivity contribution in [3.8, 4) is 5.75 Å². The fourth-order valence-corrected chi connectivity index (χ4v) is 5.54. The summed E-state index contributed by atoms with van der Waals surface area (Å²) < 4.78 is 5.25. The van der Waals surface area contributed by atoms with E-state index in [1.54, 1.807) is 12.0 Å². The topological polar surface area (TPSA) is 61.9 Å². The van der Waals surface area contributed by atoms with E-state index in [2.05, 4.69) is 11.9 Å². The van der Waals surface area contributed by atoms with Gasteiger partial charge in [0.05, 0.1) is 12.5 Å². The quantitative estimate of drug-likeness (QED) is 0.779. The van der Waals surface area contributed by atoms with E-state index in [1.807, 2.05) is 74.2 Å². The van der Waals surface area contributed by atoms with Crippen molar-refractivity contribution in [1.29, 1.82) is 0 Å². The minimum atomic E-state index is -0.801. The molecule has 2 aromatic carbocycles. The average molecular weight is 418 g/mol. The maximum Gasteiger partial charge on any atom is 0.251 e. The number of hydrogen-bond acceptors (Lipinski definition) is 4. The van der Waals surface area contributed by atoms with Gasteiger partial charge in [-0.1, -0.05) is 36.9 Å². The van der Waals surface area contributed by atoms with Crippen molar-refractivity contribution in [2.75, 3.05) is 12.4 Å². The van der Waals surface area contributed by atoms with E-state index >= 15 is 0 Å². The predicted octanol–water partition coefficient (Wildman–Crippen LogP) is 3.29. The van der Waals surface area contributed by atoms with Crippen molar-refractivity contribution in [2.45, 2.75) is 50.5 Å². The molecular weight excluding hydrogens is 390 g/mol. The van der Waals surface area contributed by atoms with Crippen molar-refractivity contribution in [3.05, 3.63) is 71.8 Å². The molecule has 6 nitrogen and oxygen atoms in total. The third kappa shape index (κ3) is 2.44. The lowest BCUT2D eigenvalue weighted by Gasteiger charge is -2.39. The number of methoxy groups -OCH3 is 1. The van der Waals surface area contributed by atoms with Gasteiger partial charge in [0.15, 0.2) is 0 Å². The molecular formula is C25H27N3O3. The molecule has 2 fully saturated rings. The molecule has 1 spiro atoms. The van der Waals surface area contributed by atoms with E-state index < -0.39 is 17.0 Å². The molecule has 2 aromatic rings. The molecule has 3 heterocycles. The molecule has 6 heteroatoms. The van der Waals surface area contributed by atoms with Gasteiger partial charge in [0.25, 0.3) is 5.91 Å². The summed E-state index contributed by atoms with van der Waals surface area (Å²) in [6, 6.07) is 14.9. The number of amides is 2. The normalized spacial score (nSPS) is 26.6. The number of ether oxygens (including phenoxy) is 1. The van der Waals surface area contributed by atoms with Crippen LogP contribution >= 0.6 is 0 Å². The highest BCUT2D eigenvalue weighted by molar-refractivity contribution is 6.09. The van der Waals surface area contributed by atoms with Crippen LogP contribution in [-0.2, 0) is 21.5 Å². The van der Waals surface area contributed by atoms with Crippen LogP contribution in [0, 0.1) is 0 Å². The van der Waals surface area contributed by atoms with Crippen molar-refractivity contribution < 1.29 is 14.3 Å². The number of nitrogens with one attached hydrogen (secondary N) is 1. The Bertz CT molecular complexity index is 1100. The molecule has 160 valence electrons. The highest BCUT2D eigenvalue weighted by atomic mass is 16.5. The van der Waals surface area contributed by atoms with Crippen LogP contribution < -0.4 is 10.1 Å². The lowest BCUT2D eigenvalue weighted by atomic mass is 9.73. The fourth-order valence-electron chi connectivity index (χ4n) is 5.54. The Morgan fingerprint density at radius 2 is 1.77 bits per heavy atom. The van der Waals surface area contributed by atoms with Crippen LogP contribution in [0.25, 0.3) is 0 Å². The highest BCUT2D eigenvalue weighted by Gasteiger charge is 2.73. The molecule has 0 radical (unpaired) electrons. The molecule has 0 unspecified atom stereocenters. The first-order valence-electron chi connectivity index (χ1n) is 10.5. The fraction of sp³-hybridized carbons (Fsp3) is 0.360. The summed E-state index contributed by atoms with van der Waals surface area (Å²) in [5.41, 5.74) is 2.14. The number of fused-ring (bicyclic) bond motifs is 1. The highest BCUT2D eigenvalue weighted by Crippen LogP contribution is 2.59. The van der Waals surface area contributed by atoms with Crippen LogP contribution in [0.4, 0.5) is 5.69 Å². The third-order valence-electron chi connectivity index (χ3n) is 6.82. The summed E-state index contributed by atoms with van der Waals surface area (Å²) in [5, 5.41) is 3.54. The Morgan fingerprint density at radius 1 is 1.10 bits per heavy atom. The van der Waals surface area contributed by atoms with Crippen molar-refractivity contribution in [3.63, 3.8) is 0 Å². The molecule has 2 saturated heterocycles. The molecule has 31 heavy (non-hydrogen) atoms. The SMILES string of the molecule is C=C1C(=O)N(Cc2ccc(OC)cc2)[C@H]2C(=O)N(C(C)(C)C)[C@@H]3Nc4ccccc4[C@]123. The summed E-state index contributed by atoms with van der Waals surface area (Å²) in [5.74, 6) is 0.549. The molecule has 3 aliphatic rings. The number of anilines is 1. The number of rotatable bonds is 3. The Kier molecular flexibility index (Phi) is 4.04. The van der Waals surface area contributed by atoms with E-state index in [0.717, 1.165) is 22.6 Å². The molecule has 5 rings (SSSR count). The Balaban J connectivity index is 1.65. The second-order valence-corrected chi connectivity index (χ2v) is 9.50. The summed E-state index contributed by atoms with van der Waals surface area (Å²) in [6.45, 7) is 10.7. The third-order valence-corrected chi connectivity index (χ3v) is 6.82. The first-order valence-corrected chi connectivity index (χ1v) is 10.5. The number of carbonyl (C=O) groups excluding carboxylic acids is 2. The summed E-state index contributed by atoms with van der Waals surface area (Å²) in [4.78, 5) is 31.0. The number of likely N-dealkylation sites (tertiary alicyclic amines) is 2. The Labute approximate surface area is 182 Å². The first-order chi connectivity index (χ1) is 14.7. The van der Waals surface area contributed by atoms with Gasteiger partial charge < -0.3 is 19.9 Å². The standard InChI is InChI=1S/C25H27N3O3/c1-15-21(29)27(14-16-10-12-17(31-5)13-11-16)20-22(30)28(24(2,3)4)23-25(15,20)18-8-6-7-9-19(18)26-23/h6-13,20,23,26H,1,14H2,2-5H3/t20-,23-,25+/m0/s1. The lowest BCUT2D eigenvalue weighted by molar-refractivity contribution is -0.142. The lowest BCUT2D eigenvalue weighted by Crippen LogP contribution is -2.53. The smallest absolute Gasteiger partial charge is 0.251 e. The van der Waals surface area contributed by atoms with E-state index in [1.165, 1.54) is 0 Å². The average Bonchev–Trinajstić information content (AvgIpc) is 3.27. The number of hydrogen-bond donors (Lipinski definition) is 1. The van der Waals surface area contributed by atoms with Crippen LogP contribution in [0.5, 0.6) is 5.75 Å². The van der Waals surface area contributed by atoms with Crippen molar-refractivity contribution >= 4 is 17.5 Å². The van der Waals surface area contributed by atoms with E-state index in [0.29, 0.717) is 12.1 Å². The molecule has 3 atom stereocenters. The van der Waals surface area contributed by atoms with Gasteiger partial charge in [0, 0.05) is 23.3 Å². The zero-order chi connectivity index (χ0) is 22.1. The first kappa shape index (κ1) is 19.7. The van der Waals surface area contributed by atoms with Gasteiger partial charge in [-0.05, 0) is 50.1 Å². The van der Waals surface area contributed by atoms with E-state index in [-0.39, 0.29) is 18.0 Å². The molecule has 2 amide bonds. The van der Waals surface area contributed by atoms with Crippen LogP contribution in [0.3, 0.4) is 0 Å². The maximum atomic E-state index is 13.9. The van der Waals surface area contributed by atoms with Gasteiger partial charge in [-0.3, -0.25) is 9.59 Å². The van der Waals surface area contributed by atoms with E-state index in [4.69, 9.17) is 4.74 Å². The van der Waals surface area contributed by atoms with Gasteiger partial charge in [-0.15, -0.1) is 0 Å². The van der Waals surface area contributed by atoms with Crippen LogP contribution in [-0.4, -0.2) is 46.5 Å². The van der Waals surface area contributed by atoms with Crippen LogP contribution in [0.2, 0.25) is 0 Å². The van der Waals surface area contributed by atoms with Crippen LogP contribution in [0.15, 0.2) is 60.7 Å². The molecule has 0 aromatic heterocycles. The number of nitrogens with zero attached hydrogens (tertiary/aromatic N) is 2. The second-order valence-electron chi connectivity index (χ2n) is 9.50. The van der Waals surface area contributed by atoms with Gasteiger partial charge >= 0.3 is 0 Å². The molecule has 0 aliphatic carbocycles. The number of carbonyl (C=O) groups is 2. The summed E-state index contributed by atoms with van der Waals surface area (Å²) >= 11 is 0. The zero-order valence-corrected chi connectivity index (χ0v) is 18.3. The molecule has 0 bridgehead atoms. The Hall–Kier alpha value is -3.28. The molecule has 0 saturated carbocycles. The van der Waals surface area contributed by atoms with Gasteiger partial charge in [0.1, 0.15) is 18.0 Å². The number of para-hydroxylation sites is 1. The van der Waals surface area contributed by atoms with Crippen LogP contribution in [0.1, 0.15) is 31.9 Å². The largest absolute Gasteiger partial charge is 0.497 e. The molecule has 1 N–H and O–H groups in total. The number of benzene rings is 2. The van der Waals surface area contributed by atoms with Crippen molar-refractivity contribution in [1.82, 2.24) is 9.80 Å². The van der Waals surface area contributed by atoms with Gasteiger partial charge in [-0.2, -0.15) is 0 Å². The van der Waals surface area contributed by atoms with Gasteiger partial charge in [0.2, 0.25) is 5.91 Å². The Morgan fingerprint density at radius 3 is 2.42 bits per heavy atom. The predicted molar refractivity (Wildman–Crippen MR) is 119 cm³/mol. The summed E-state index contributed by atoms with van der Waals surface area (Å²) in [7, 11) is 1.62. The monoisotopic (exact) mass is 417 g/mol.